The van der Waals surface area contributed by atoms with Crippen LogP contribution in [0.5, 0.6) is 5.75 Å². The van der Waals surface area contributed by atoms with Gasteiger partial charge in [-0.1, -0.05) is 54.4 Å². The first-order valence-electron chi connectivity index (χ1n) is 11.9. The molecule has 6 heteroatoms. The number of carbonyl (C=O) groups excluding carboxylic acids is 2. The molecule has 1 heterocycles. The lowest BCUT2D eigenvalue weighted by Gasteiger charge is -2.29. The van der Waals surface area contributed by atoms with Gasteiger partial charge in [0.15, 0.2) is 0 Å². The maximum absolute atomic E-state index is 13.1. The summed E-state index contributed by atoms with van der Waals surface area (Å²) in [4.78, 5) is 27.0. The van der Waals surface area contributed by atoms with Crippen LogP contribution < -0.4 is 0 Å². The van der Waals surface area contributed by atoms with Crippen molar-refractivity contribution in [1.29, 1.82) is 0 Å². The fourth-order valence-corrected chi connectivity index (χ4v) is 4.97. The van der Waals surface area contributed by atoms with Gasteiger partial charge >= 0.3 is 5.97 Å². The second-order valence-electron chi connectivity index (χ2n) is 10.9. The number of benzene rings is 1. The highest BCUT2D eigenvalue weighted by molar-refractivity contribution is 8.04. The van der Waals surface area contributed by atoms with Crippen LogP contribution in [0, 0.1) is 0 Å². The van der Waals surface area contributed by atoms with E-state index in [1.54, 1.807) is 11.8 Å². The molecule has 184 valence electrons. The first kappa shape index (κ1) is 27.3. The lowest BCUT2D eigenvalue weighted by molar-refractivity contribution is -0.140. The molecule has 0 unspecified atom stereocenters. The largest absolute Gasteiger partial charge is 0.507 e. The van der Waals surface area contributed by atoms with Crippen molar-refractivity contribution in [3.63, 3.8) is 0 Å². The molecular weight excluding hydrogens is 434 g/mol. The predicted octanol–water partition coefficient (Wildman–Crippen LogP) is 6.03. The van der Waals surface area contributed by atoms with Crippen molar-refractivity contribution >= 4 is 29.7 Å². The third-order valence-corrected chi connectivity index (χ3v) is 6.94. The minimum absolute atomic E-state index is 0.0866. The monoisotopic (exact) mass is 475 g/mol. The van der Waals surface area contributed by atoms with Crippen molar-refractivity contribution in [2.75, 3.05) is 26.0 Å². The van der Waals surface area contributed by atoms with Gasteiger partial charge < -0.3 is 14.7 Å². The van der Waals surface area contributed by atoms with E-state index in [4.69, 9.17) is 0 Å². The topological polar surface area (TPSA) is 66.8 Å². The third kappa shape index (κ3) is 7.80. The molecule has 0 atom stereocenters. The molecule has 1 saturated heterocycles. The average Bonchev–Trinajstić information content (AvgIpc) is 2.72. The average molecular weight is 476 g/mol. The molecule has 0 aromatic heterocycles. The van der Waals surface area contributed by atoms with E-state index < -0.39 is 0 Å². The van der Waals surface area contributed by atoms with Gasteiger partial charge in [-0.15, -0.1) is 11.8 Å². The van der Waals surface area contributed by atoms with Crippen LogP contribution >= 0.6 is 11.8 Å². The Kier molecular flexibility index (Phi) is 9.48. The second-order valence-corrected chi connectivity index (χ2v) is 12.0. The molecule has 1 fully saturated rings. The number of methoxy groups -OCH3 is 1. The summed E-state index contributed by atoms with van der Waals surface area (Å²) in [5.41, 5.74) is 2.35. The van der Waals surface area contributed by atoms with Crippen LogP contribution in [0.25, 0.3) is 6.08 Å². The van der Waals surface area contributed by atoms with Gasteiger partial charge in [0.25, 0.3) is 5.91 Å². The van der Waals surface area contributed by atoms with Gasteiger partial charge in [-0.3, -0.25) is 9.59 Å². The van der Waals surface area contributed by atoms with Crippen LogP contribution in [0.3, 0.4) is 0 Å². The first-order chi connectivity index (χ1) is 15.3. The molecule has 1 aliphatic rings. The highest BCUT2D eigenvalue weighted by Gasteiger charge is 2.28. The Morgan fingerprint density at radius 2 is 1.64 bits per heavy atom. The molecule has 1 aliphatic heterocycles. The molecule has 0 saturated carbocycles. The second kappa shape index (κ2) is 11.5. The standard InChI is InChI=1S/C27H41NO4S/c1-26(2,3)20-16-19(17-21(24(20)30)27(4,5)6)18-22-25(31)28(14-15-33-22)13-11-9-8-10-12-23(29)32-7/h16-18,30H,8-15H2,1-7H3/b22-18+. The number of phenolic OH excluding ortho intramolecular Hbond substituents is 1. The molecule has 1 amide bonds. The van der Waals surface area contributed by atoms with Crippen molar-refractivity contribution < 1.29 is 19.4 Å². The number of rotatable bonds is 8. The molecule has 0 radical (unpaired) electrons. The van der Waals surface area contributed by atoms with Gasteiger partial charge in [0.05, 0.1) is 12.0 Å². The Labute approximate surface area is 204 Å². The van der Waals surface area contributed by atoms with E-state index in [1.807, 2.05) is 23.1 Å². The maximum atomic E-state index is 13.1. The van der Waals surface area contributed by atoms with Crippen LogP contribution in [0.2, 0.25) is 0 Å². The van der Waals surface area contributed by atoms with E-state index >= 15 is 0 Å². The highest BCUT2D eigenvalue weighted by Crippen LogP contribution is 2.40. The number of ether oxygens (including phenoxy) is 1. The molecule has 2 rings (SSSR count). The number of carbonyl (C=O) groups is 2. The molecule has 33 heavy (non-hydrogen) atoms. The van der Waals surface area contributed by atoms with Crippen molar-refractivity contribution in [2.24, 2.45) is 0 Å². The van der Waals surface area contributed by atoms with E-state index in [-0.39, 0.29) is 22.7 Å². The quantitative estimate of drug-likeness (QED) is 0.283. The van der Waals surface area contributed by atoms with Gasteiger partial charge in [-0.2, -0.15) is 0 Å². The SMILES string of the molecule is COC(=O)CCCCCCN1CCS/C(=C/c2cc(C(C)(C)C)c(O)c(C(C)(C)C)c2)C1=O. The van der Waals surface area contributed by atoms with Gasteiger partial charge in [0.1, 0.15) is 5.75 Å². The molecule has 0 bridgehead atoms. The van der Waals surface area contributed by atoms with Crippen LogP contribution in [-0.2, 0) is 25.2 Å². The summed E-state index contributed by atoms with van der Waals surface area (Å²) in [6.07, 6.45) is 6.17. The lowest BCUT2D eigenvalue weighted by atomic mass is 9.78. The van der Waals surface area contributed by atoms with Gasteiger partial charge in [-0.05, 0) is 47.4 Å². The minimum Gasteiger partial charge on any atom is -0.507 e. The van der Waals surface area contributed by atoms with E-state index in [1.165, 1.54) is 7.11 Å². The minimum atomic E-state index is -0.206. The first-order valence-corrected chi connectivity index (χ1v) is 12.9. The number of amides is 1. The smallest absolute Gasteiger partial charge is 0.305 e. The number of hydrogen-bond donors (Lipinski definition) is 1. The Bertz CT molecular complexity index is 842. The molecule has 1 aromatic rings. The Morgan fingerprint density at radius 3 is 2.18 bits per heavy atom. The summed E-state index contributed by atoms with van der Waals surface area (Å²) in [7, 11) is 1.42. The number of esters is 1. The van der Waals surface area contributed by atoms with Crippen LogP contribution in [0.15, 0.2) is 17.0 Å². The van der Waals surface area contributed by atoms with E-state index in [9.17, 15) is 14.7 Å². The van der Waals surface area contributed by atoms with Gasteiger partial charge in [0, 0.05) is 36.4 Å². The Hall–Kier alpha value is -1.95. The molecular formula is C27H41NO4S. The molecule has 0 spiro atoms. The van der Waals surface area contributed by atoms with Crippen LogP contribution in [0.1, 0.15) is 90.3 Å². The van der Waals surface area contributed by atoms with Crippen molar-refractivity contribution in [3.8, 4) is 5.75 Å². The summed E-state index contributed by atoms with van der Waals surface area (Å²) in [5.74, 6) is 1.17. The summed E-state index contributed by atoms with van der Waals surface area (Å²) < 4.78 is 4.67. The van der Waals surface area contributed by atoms with Crippen molar-refractivity contribution in [2.45, 2.75) is 84.5 Å². The number of unbranched alkanes of at least 4 members (excludes halogenated alkanes) is 3. The highest BCUT2D eigenvalue weighted by atomic mass is 32.2. The molecule has 1 aromatic carbocycles. The number of aromatic hydroxyl groups is 1. The maximum Gasteiger partial charge on any atom is 0.305 e. The lowest BCUT2D eigenvalue weighted by Crippen LogP contribution is -2.37. The molecule has 5 nitrogen and oxygen atoms in total. The van der Waals surface area contributed by atoms with Gasteiger partial charge in [0.2, 0.25) is 0 Å². The molecule has 1 N–H and O–H groups in total. The predicted molar refractivity (Wildman–Crippen MR) is 138 cm³/mol. The van der Waals surface area contributed by atoms with E-state index in [2.05, 4.69) is 46.3 Å². The summed E-state index contributed by atoms with van der Waals surface area (Å²) in [6, 6.07) is 4.04. The summed E-state index contributed by atoms with van der Waals surface area (Å²) in [5, 5.41) is 11.0. The van der Waals surface area contributed by atoms with E-state index in [0.29, 0.717) is 12.2 Å². The molecule has 0 aliphatic carbocycles. The fourth-order valence-electron chi connectivity index (χ4n) is 3.96. The zero-order valence-electron chi connectivity index (χ0n) is 21.4. The van der Waals surface area contributed by atoms with E-state index in [0.717, 1.165) is 66.1 Å². The number of phenols is 1. The zero-order valence-corrected chi connectivity index (χ0v) is 22.2. The number of thioether (sulfide) groups is 1. The van der Waals surface area contributed by atoms with Crippen molar-refractivity contribution in [3.05, 3.63) is 33.7 Å². The normalized spacial score (nSPS) is 16.4. The zero-order chi connectivity index (χ0) is 24.8. The summed E-state index contributed by atoms with van der Waals surface area (Å²) >= 11 is 1.61. The third-order valence-electron chi connectivity index (χ3n) is 5.95. The Morgan fingerprint density at radius 1 is 1.06 bits per heavy atom. The van der Waals surface area contributed by atoms with Crippen molar-refractivity contribution in [1.82, 2.24) is 4.90 Å². The van der Waals surface area contributed by atoms with Gasteiger partial charge in [-0.25, -0.2) is 0 Å². The van der Waals surface area contributed by atoms with Crippen LogP contribution in [-0.4, -0.2) is 47.8 Å². The fraction of sp³-hybridized carbons (Fsp3) is 0.630. The van der Waals surface area contributed by atoms with Crippen LogP contribution in [0.4, 0.5) is 0 Å². The Balaban J connectivity index is 2.13. The summed E-state index contributed by atoms with van der Waals surface area (Å²) in [6.45, 7) is 14.1. The number of hydrogen-bond acceptors (Lipinski definition) is 5. The number of nitrogens with zero attached hydrogens (tertiary/aromatic N) is 1.